The fourth-order valence-corrected chi connectivity index (χ4v) is 20.7. The number of nitrogens with one attached hydrogen (secondary N) is 1. The molecule has 0 aliphatic heterocycles. The molecule has 5 heteroatoms. The molecule has 0 spiro atoms. The van der Waals surface area contributed by atoms with E-state index >= 15 is 0 Å². The molecule has 2 atom stereocenters. The van der Waals surface area contributed by atoms with Crippen LogP contribution in [-0.2, 0) is 17.4 Å². The van der Waals surface area contributed by atoms with Gasteiger partial charge < -0.3 is 24.8 Å². The van der Waals surface area contributed by atoms with Crippen molar-refractivity contribution < 1.29 is 42.2 Å². The van der Waals surface area contributed by atoms with Crippen molar-refractivity contribution in [3.05, 3.63) is 81.3 Å². The molecule has 1 aliphatic rings. The third-order valence-electron chi connectivity index (χ3n) is 6.50. The van der Waals surface area contributed by atoms with E-state index in [0.717, 1.165) is 0 Å². The average molecular weight is 495 g/mol. The minimum absolute atomic E-state index is 0. The number of hydrogen-bond acceptors (Lipinski definition) is 1. The van der Waals surface area contributed by atoms with Crippen LogP contribution in [-0.4, -0.2) is 12.7 Å². The molecule has 2 unspecified atom stereocenters. The van der Waals surface area contributed by atoms with Gasteiger partial charge in [-0.15, -0.1) is 0 Å². The van der Waals surface area contributed by atoms with Crippen LogP contribution in [0.3, 0.4) is 0 Å². The predicted molar refractivity (Wildman–Crippen MR) is 122 cm³/mol. The number of benzene rings is 2. The summed E-state index contributed by atoms with van der Waals surface area (Å²) in [5.74, 6) is 0.592. The molecule has 1 N–H and O–H groups in total. The van der Waals surface area contributed by atoms with Crippen LogP contribution in [0.25, 0.3) is 0 Å². The Kier molecular flexibility index (Phi) is 11.4. The van der Waals surface area contributed by atoms with Crippen molar-refractivity contribution in [1.29, 1.82) is 0 Å². The van der Waals surface area contributed by atoms with Crippen molar-refractivity contribution in [2.75, 3.05) is 0 Å². The largest absolute Gasteiger partial charge is 1.00 e. The van der Waals surface area contributed by atoms with Crippen molar-refractivity contribution in [2.24, 2.45) is 5.92 Å². The van der Waals surface area contributed by atoms with Gasteiger partial charge >= 0.3 is 179 Å². The molecule has 0 amide bonds. The van der Waals surface area contributed by atoms with Gasteiger partial charge in [0.1, 0.15) is 0 Å². The Bertz CT molecular complexity index is 828. The summed E-state index contributed by atoms with van der Waals surface area (Å²) in [6.45, 7) is 12.8. The molecule has 0 fully saturated rings. The van der Waals surface area contributed by atoms with Gasteiger partial charge in [-0.1, -0.05) is 0 Å². The van der Waals surface area contributed by atoms with Crippen LogP contribution >= 0.6 is 0 Å². The van der Waals surface area contributed by atoms with Gasteiger partial charge in [-0.3, -0.25) is 0 Å². The Morgan fingerprint density at radius 1 is 0.867 bits per heavy atom. The zero-order chi connectivity index (χ0) is 20.3. The fraction of sp³-hybridized carbons (Fsp3) is 0.360. The van der Waals surface area contributed by atoms with E-state index in [1.807, 2.05) is 0 Å². The van der Waals surface area contributed by atoms with Gasteiger partial charge in [-0.2, -0.15) is 0 Å². The molecule has 0 saturated heterocycles. The summed E-state index contributed by atoms with van der Waals surface area (Å²) in [5, 5.41) is 3.18. The standard InChI is InChI=1S/C12H11Si.C9H13.C4H10N.2ClH.Ti/c1-3-7-11(8-4-1)13-12-9-5-2-6-10-12;1-6-5-7(2)9(4)8(6)3;1-3-4(2)5;;;/h1-10,13H;6H,1-4H3;4-5H,3H2,1-2H3;2*1H;/q;;-1;;;+3/p-2. The second kappa shape index (κ2) is 12.4. The fourth-order valence-electron chi connectivity index (χ4n) is 4.30. The summed E-state index contributed by atoms with van der Waals surface area (Å²) in [6, 6.07) is 23.3. The second-order valence-electron chi connectivity index (χ2n) is 8.19. The normalized spacial score (nSPS) is 17.0. The topological polar surface area (TPSA) is 12.0 Å². The van der Waals surface area contributed by atoms with Crippen LogP contribution in [0.2, 0.25) is 0 Å². The zero-order valence-corrected chi connectivity index (χ0v) is 23.2. The Morgan fingerprint density at radius 3 is 1.70 bits per heavy atom. The summed E-state index contributed by atoms with van der Waals surface area (Å²) >= 11 is -1.76. The number of allylic oxidation sites excluding steroid dienone is 4. The van der Waals surface area contributed by atoms with Crippen molar-refractivity contribution in [2.45, 2.75) is 54.0 Å². The molecule has 2 aromatic rings. The van der Waals surface area contributed by atoms with E-state index in [2.05, 4.69) is 106 Å². The van der Waals surface area contributed by atoms with Crippen LogP contribution in [0.5, 0.6) is 0 Å². The molecule has 0 saturated carbocycles. The van der Waals surface area contributed by atoms with E-state index in [0.29, 0.717) is 12.0 Å². The van der Waals surface area contributed by atoms with E-state index in [1.54, 1.807) is 25.4 Å². The molecule has 2 aromatic carbocycles. The predicted octanol–water partition coefficient (Wildman–Crippen LogP) is -1.29. The first kappa shape index (κ1) is 27.4. The quantitative estimate of drug-likeness (QED) is 0.472. The van der Waals surface area contributed by atoms with Gasteiger partial charge in [0.25, 0.3) is 0 Å². The van der Waals surface area contributed by atoms with E-state index in [1.165, 1.54) is 12.0 Å². The van der Waals surface area contributed by atoms with Gasteiger partial charge in [-0.25, -0.2) is 0 Å². The summed E-state index contributed by atoms with van der Waals surface area (Å²) in [6.07, 6.45) is 1.19. The van der Waals surface area contributed by atoms with Crippen LogP contribution < -0.4 is 39.0 Å². The molecule has 1 nitrogen and oxygen atoms in total. The van der Waals surface area contributed by atoms with E-state index in [9.17, 15) is 0 Å². The monoisotopic (exact) mass is 494 g/mol. The van der Waals surface area contributed by atoms with Gasteiger partial charge in [0.15, 0.2) is 0 Å². The van der Waals surface area contributed by atoms with Crippen molar-refractivity contribution in [3.8, 4) is 0 Å². The molecular formula is C25H34Cl2NSiTi. The van der Waals surface area contributed by atoms with Crippen LogP contribution in [0.1, 0.15) is 48.0 Å². The van der Waals surface area contributed by atoms with Crippen molar-refractivity contribution in [3.63, 3.8) is 0 Å². The molecule has 0 bridgehead atoms. The minimum atomic E-state index is -1.76. The minimum Gasteiger partial charge on any atom is -1.00 e. The Labute approximate surface area is 203 Å². The molecule has 0 heterocycles. The molecule has 3 rings (SSSR count). The summed E-state index contributed by atoms with van der Waals surface area (Å²) in [4.78, 5) is 0. The first-order valence-electron chi connectivity index (χ1n) is 10.6. The summed E-state index contributed by atoms with van der Waals surface area (Å²) in [7, 11) is 0. The molecule has 30 heavy (non-hydrogen) atoms. The van der Waals surface area contributed by atoms with Crippen LogP contribution in [0, 0.1) is 5.92 Å². The number of rotatable bonds is 7. The second-order valence-corrected chi connectivity index (χ2v) is 18.1. The van der Waals surface area contributed by atoms with Gasteiger partial charge in [-0.05, 0) is 0 Å². The van der Waals surface area contributed by atoms with Gasteiger partial charge in [0.2, 0.25) is 0 Å². The molecule has 1 aliphatic carbocycles. The SMILES string of the molecule is CCC(C)[NH][Ti+2]([C]1=C(C)C(C)=C(C)C1C)[SiH](c1ccccc1)c1ccccc1.[Cl-].[Cl-]. The third kappa shape index (κ3) is 5.79. The van der Waals surface area contributed by atoms with Crippen LogP contribution in [0.15, 0.2) is 81.3 Å². The molecule has 0 aromatic heterocycles. The van der Waals surface area contributed by atoms with E-state index < -0.39 is 24.0 Å². The van der Waals surface area contributed by atoms with Gasteiger partial charge in [0.05, 0.1) is 0 Å². The number of hydrogen-bond donors (Lipinski definition) is 1. The zero-order valence-electron chi connectivity index (χ0n) is 19.0. The van der Waals surface area contributed by atoms with Crippen LogP contribution in [0.4, 0.5) is 0 Å². The van der Waals surface area contributed by atoms with E-state index in [4.69, 9.17) is 0 Å². The van der Waals surface area contributed by atoms with Gasteiger partial charge in [0, 0.05) is 0 Å². The maximum Gasteiger partial charge on any atom is -1.00 e. The molecule has 161 valence electrons. The summed E-state index contributed by atoms with van der Waals surface area (Å²) < 4.78 is 6.04. The Morgan fingerprint density at radius 2 is 1.33 bits per heavy atom. The first-order valence-corrected chi connectivity index (χ1v) is 16.6. The molecule has 0 radical (unpaired) electrons. The first-order chi connectivity index (χ1) is 13.5. The average Bonchev–Trinajstić information content (AvgIpc) is 2.92. The maximum absolute atomic E-state index is 4.25. The van der Waals surface area contributed by atoms with Crippen molar-refractivity contribution >= 4 is 17.0 Å². The third-order valence-corrected chi connectivity index (χ3v) is 20.4. The van der Waals surface area contributed by atoms with Crippen molar-refractivity contribution in [1.82, 2.24) is 3.80 Å². The summed E-state index contributed by atoms with van der Waals surface area (Å²) in [5.41, 5.74) is 4.70. The van der Waals surface area contributed by atoms with E-state index in [-0.39, 0.29) is 24.8 Å². The number of halogens is 2. The smallest absolute Gasteiger partial charge is 1.00 e. The Balaban J connectivity index is 0.00000225. The molecular weight excluding hydrogens is 461 g/mol. The Hall–Kier alpha value is -0.609. The maximum atomic E-state index is 4.25.